The Kier molecular flexibility index (Phi) is 2.45. The molecule has 3 aromatic rings. The highest BCUT2D eigenvalue weighted by Crippen LogP contribution is 2.27. The van der Waals surface area contributed by atoms with Gasteiger partial charge in [0.05, 0.1) is 17.3 Å². The number of fused-ring (bicyclic) bond motifs is 1. The van der Waals surface area contributed by atoms with E-state index in [-0.39, 0.29) is 0 Å². The molecule has 0 radical (unpaired) electrons. The van der Waals surface area contributed by atoms with Crippen LogP contribution >= 0.6 is 0 Å². The zero-order chi connectivity index (χ0) is 12.7. The summed E-state index contributed by atoms with van der Waals surface area (Å²) in [6.07, 6.45) is 1.69. The molecule has 0 spiro atoms. The molecule has 0 bridgehead atoms. The van der Waals surface area contributed by atoms with E-state index in [2.05, 4.69) is 11.1 Å². The minimum atomic E-state index is 0.538. The van der Waals surface area contributed by atoms with E-state index in [1.165, 1.54) is 0 Å². The fraction of sp³-hybridized carbons (Fsp3) is 0.214. The minimum absolute atomic E-state index is 0.538. The topological polar surface area (TPSA) is 57.0 Å². The van der Waals surface area contributed by atoms with E-state index in [9.17, 15) is 0 Å². The van der Waals surface area contributed by atoms with Gasteiger partial charge in [0.2, 0.25) is 0 Å². The highest BCUT2D eigenvalue weighted by atomic mass is 16.3. The van der Waals surface area contributed by atoms with E-state index in [0.29, 0.717) is 6.54 Å². The minimum Gasteiger partial charge on any atom is -0.461 e. The first-order chi connectivity index (χ1) is 8.70. The first kappa shape index (κ1) is 11.0. The second-order valence-electron chi connectivity index (χ2n) is 4.45. The van der Waals surface area contributed by atoms with Gasteiger partial charge in [-0.2, -0.15) is 0 Å². The molecule has 18 heavy (non-hydrogen) atoms. The van der Waals surface area contributed by atoms with Crippen LogP contribution in [0.1, 0.15) is 11.1 Å². The van der Waals surface area contributed by atoms with Gasteiger partial charge in [0, 0.05) is 13.6 Å². The number of benzene rings is 1. The monoisotopic (exact) mass is 241 g/mol. The molecule has 1 aromatic carbocycles. The summed E-state index contributed by atoms with van der Waals surface area (Å²) in [6.45, 7) is 2.56. The van der Waals surface area contributed by atoms with Crippen molar-refractivity contribution in [2.45, 2.75) is 13.5 Å². The second-order valence-corrected chi connectivity index (χ2v) is 4.45. The molecule has 2 N–H and O–H groups in total. The fourth-order valence-electron chi connectivity index (χ4n) is 2.17. The van der Waals surface area contributed by atoms with Gasteiger partial charge in [-0.05, 0) is 36.2 Å². The number of aromatic nitrogens is 2. The summed E-state index contributed by atoms with van der Waals surface area (Å²) in [6, 6.07) is 8.03. The molecular formula is C14H15N3O. The molecule has 0 atom stereocenters. The molecule has 0 aliphatic carbocycles. The zero-order valence-electron chi connectivity index (χ0n) is 10.5. The third kappa shape index (κ3) is 1.54. The van der Waals surface area contributed by atoms with Gasteiger partial charge in [0.1, 0.15) is 0 Å². The zero-order valence-corrected chi connectivity index (χ0v) is 10.5. The van der Waals surface area contributed by atoms with Gasteiger partial charge in [-0.15, -0.1) is 0 Å². The van der Waals surface area contributed by atoms with E-state index >= 15 is 0 Å². The van der Waals surface area contributed by atoms with Gasteiger partial charge < -0.3 is 14.7 Å². The van der Waals surface area contributed by atoms with Crippen LogP contribution in [0.25, 0.3) is 22.6 Å². The van der Waals surface area contributed by atoms with Crippen LogP contribution in [0.15, 0.2) is 34.9 Å². The number of aryl methyl sites for hydroxylation is 2. The molecule has 0 aliphatic rings. The highest BCUT2D eigenvalue weighted by molar-refractivity contribution is 5.80. The number of rotatable bonds is 2. The van der Waals surface area contributed by atoms with Crippen molar-refractivity contribution in [1.29, 1.82) is 0 Å². The smallest absolute Gasteiger partial charge is 0.177 e. The van der Waals surface area contributed by atoms with Crippen molar-refractivity contribution >= 4 is 11.0 Å². The van der Waals surface area contributed by atoms with Crippen molar-refractivity contribution in [3.8, 4) is 11.6 Å². The van der Waals surface area contributed by atoms with Crippen molar-refractivity contribution in [3.05, 3.63) is 41.7 Å². The molecule has 4 nitrogen and oxygen atoms in total. The summed E-state index contributed by atoms with van der Waals surface area (Å²) in [7, 11) is 1.99. The van der Waals surface area contributed by atoms with Crippen LogP contribution in [0.3, 0.4) is 0 Å². The normalized spacial score (nSPS) is 11.3. The van der Waals surface area contributed by atoms with Crippen LogP contribution < -0.4 is 5.73 Å². The van der Waals surface area contributed by atoms with E-state index in [4.69, 9.17) is 10.2 Å². The summed E-state index contributed by atoms with van der Waals surface area (Å²) in [5.41, 5.74) is 9.90. The lowest BCUT2D eigenvalue weighted by atomic mass is 10.2. The summed E-state index contributed by atoms with van der Waals surface area (Å²) < 4.78 is 7.55. The molecular weight excluding hydrogens is 226 g/mol. The Labute approximate surface area is 105 Å². The maximum Gasteiger partial charge on any atom is 0.177 e. The van der Waals surface area contributed by atoms with Crippen molar-refractivity contribution in [3.63, 3.8) is 0 Å². The second kappa shape index (κ2) is 3.99. The van der Waals surface area contributed by atoms with Crippen molar-refractivity contribution in [2.75, 3.05) is 0 Å². The summed E-state index contributed by atoms with van der Waals surface area (Å²) in [4.78, 5) is 4.62. The van der Waals surface area contributed by atoms with Gasteiger partial charge in [-0.1, -0.05) is 6.07 Å². The van der Waals surface area contributed by atoms with Crippen LogP contribution in [-0.4, -0.2) is 9.55 Å². The molecule has 0 unspecified atom stereocenters. The average Bonchev–Trinajstić information content (AvgIpc) is 2.93. The lowest BCUT2D eigenvalue weighted by molar-refractivity contribution is 0.573. The number of nitrogens with two attached hydrogens (primary N) is 1. The Hall–Kier alpha value is -2.07. The Balaban J connectivity index is 2.26. The SMILES string of the molecule is Cc1ccoc1-c1nc2ccc(CN)cc2n1C. The lowest BCUT2D eigenvalue weighted by Crippen LogP contribution is -1.97. The molecule has 2 heterocycles. The molecule has 0 fully saturated rings. The number of hydrogen-bond donors (Lipinski definition) is 1. The Morgan fingerprint density at radius 3 is 2.83 bits per heavy atom. The molecule has 3 rings (SSSR count). The van der Waals surface area contributed by atoms with Crippen molar-refractivity contribution in [2.24, 2.45) is 12.8 Å². The largest absolute Gasteiger partial charge is 0.461 e. The van der Waals surface area contributed by atoms with Crippen LogP contribution in [0.5, 0.6) is 0 Å². The predicted molar refractivity (Wildman–Crippen MR) is 71.0 cm³/mol. The van der Waals surface area contributed by atoms with Crippen LogP contribution in [0.2, 0.25) is 0 Å². The van der Waals surface area contributed by atoms with E-state index in [0.717, 1.165) is 33.7 Å². The molecule has 0 saturated carbocycles. The fourth-order valence-corrected chi connectivity index (χ4v) is 2.17. The van der Waals surface area contributed by atoms with Crippen LogP contribution in [0, 0.1) is 6.92 Å². The predicted octanol–water partition coefficient (Wildman–Crippen LogP) is 2.60. The van der Waals surface area contributed by atoms with Gasteiger partial charge in [0.25, 0.3) is 0 Å². The van der Waals surface area contributed by atoms with E-state index in [1.807, 2.05) is 36.7 Å². The van der Waals surface area contributed by atoms with Crippen LogP contribution in [0.4, 0.5) is 0 Å². The third-order valence-electron chi connectivity index (χ3n) is 3.25. The lowest BCUT2D eigenvalue weighted by Gasteiger charge is -2.01. The van der Waals surface area contributed by atoms with Crippen molar-refractivity contribution < 1.29 is 4.42 Å². The first-order valence-corrected chi connectivity index (χ1v) is 5.90. The van der Waals surface area contributed by atoms with E-state index in [1.54, 1.807) is 6.26 Å². The highest BCUT2D eigenvalue weighted by Gasteiger charge is 2.14. The maximum absolute atomic E-state index is 5.67. The van der Waals surface area contributed by atoms with Crippen LogP contribution in [-0.2, 0) is 13.6 Å². The number of nitrogens with zero attached hydrogens (tertiary/aromatic N) is 2. The Morgan fingerprint density at radius 1 is 1.33 bits per heavy atom. The molecule has 0 saturated heterocycles. The Morgan fingerprint density at radius 2 is 2.17 bits per heavy atom. The molecule has 2 aromatic heterocycles. The third-order valence-corrected chi connectivity index (χ3v) is 3.25. The maximum atomic E-state index is 5.67. The quantitative estimate of drug-likeness (QED) is 0.750. The molecule has 0 aliphatic heterocycles. The standard InChI is InChI=1S/C14H15N3O/c1-9-5-6-18-13(9)14-16-11-4-3-10(8-15)7-12(11)17(14)2/h3-7H,8,15H2,1-2H3. The summed E-state index contributed by atoms with van der Waals surface area (Å²) in [5, 5.41) is 0. The van der Waals surface area contributed by atoms with Gasteiger partial charge in [0.15, 0.2) is 11.6 Å². The van der Waals surface area contributed by atoms with Crippen molar-refractivity contribution in [1.82, 2.24) is 9.55 Å². The first-order valence-electron chi connectivity index (χ1n) is 5.90. The molecule has 4 heteroatoms. The van der Waals surface area contributed by atoms with Gasteiger partial charge in [-0.25, -0.2) is 4.98 Å². The summed E-state index contributed by atoms with van der Waals surface area (Å²) in [5.74, 6) is 1.67. The van der Waals surface area contributed by atoms with E-state index < -0.39 is 0 Å². The number of furan rings is 1. The van der Waals surface area contributed by atoms with Gasteiger partial charge in [-0.3, -0.25) is 0 Å². The Bertz CT molecular complexity index is 709. The average molecular weight is 241 g/mol. The van der Waals surface area contributed by atoms with Gasteiger partial charge >= 0.3 is 0 Å². The molecule has 0 amide bonds. The number of imidazole rings is 1. The number of hydrogen-bond acceptors (Lipinski definition) is 3. The summed E-state index contributed by atoms with van der Waals surface area (Å²) >= 11 is 0. The molecule has 92 valence electrons.